The Labute approximate surface area is 175 Å². The van der Waals surface area contributed by atoms with Crippen molar-refractivity contribution >= 4 is 17.6 Å². The van der Waals surface area contributed by atoms with Crippen LogP contribution in [0, 0.1) is 0 Å². The third kappa shape index (κ3) is 3.62. The number of hydrogen-bond donors (Lipinski definition) is 0. The number of fused-ring (bicyclic) bond motifs is 1. The summed E-state index contributed by atoms with van der Waals surface area (Å²) in [6.07, 6.45) is 0. The standard InChI is InChI=1S/C23H23ClN2O3/c1-22(2,3)15-8-6-14(7-9-15)19-18-20(28-23(4,5)29-21(18)27)25-26(19)17-12-10-16(24)11-13-17/h6-13H,1-5H3. The molecule has 0 saturated carbocycles. The minimum atomic E-state index is -1.07. The number of ether oxygens (including phenoxy) is 2. The van der Waals surface area contributed by atoms with E-state index in [9.17, 15) is 4.79 Å². The fraction of sp³-hybridized carbons (Fsp3) is 0.304. The van der Waals surface area contributed by atoms with Crippen LogP contribution in [0.25, 0.3) is 16.9 Å². The van der Waals surface area contributed by atoms with Gasteiger partial charge >= 0.3 is 5.97 Å². The monoisotopic (exact) mass is 410 g/mol. The Hall–Kier alpha value is -2.79. The lowest BCUT2D eigenvalue weighted by molar-refractivity contribution is -0.129. The number of esters is 1. The number of halogens is 1. The number of carbonyl (C=O) groups is 1. The van der Waals surface area contributed by atoms with Crippen LogP contribution in [0.4, 0.5) is 0 Å². The van der Waals surface area contributed by atoms with Crippen LogP contribution in [-0.2, 0) is 10.2 Å². The van der Waals surface area contributed by atoms with Gasteiger partial charge < -0.3 is 9.47 Å². The predicted octanol–water partition coefficient (Wildman–Crippen LogP) is 5.78. The summed E-state index contributed by atoms with van der Waals surface area (Å²) < 4.78 is 13.0. The average Bonchev–Trinajstić information content (AvgIpc) is 3.00. The van der Waals surface area contributed by atoms with E-state index in [1.54, 1.807) is 30.7 Å². The lowest BCUT2D eigenvalue weighted by atomic mass is 9.86. The van der Waals surface area contributed by atoms with Gasteiger partial charge in [-0.25, -0.2) is 9.48 Å². The molecule has 1 aliphatic rings. The zero-order valence-electron chi connectivity index (χ0n) is 17.1. The van der Waals surface area contributed by atoms with E-state index in [0.717, 1.165) is 11.3 Å². The number of hydrogen-bond acceptors (Lipinski definition) is 4. The lowest BCUT2D eigenvalue weighted by Gasteiger charge is -2.29. The van der Waals surface area contributed by atoms with Gasteiger partial charge in [0, 0.05) is 24.4 Å². The second kappa shape index (κ2) is 6.63. The second-order valence-corrected chi connectivity index (χ2v) is 9.07. The molecule has 4 rings (SSSR count). The van der Waals surface area contributed by atoms with Crippen molar-refractivity contribution in [3.8, 4) is 22.8 Å². The molecular weight excluding hydrogens is 388 g/mol. The highest BCUT2D eigenvalue weighted by atomic mass is 35.5. The SMILES string of the molecule is CC1(C)OC(=O)c2c(nn(-c3ccc(Cl)cc3)c2-c2ccc(C(C)(C)C)cc2)O1. The van der Waals surface area contributed by atoms with Crippen LogP contribution in [-0.4, -0.2) is 21.5 Å². The fourth-order valence-electron chi connectivity index (χ4n) is 3.35. The third-order valence-electron chi connectivity index (χ3n) is 4.83. The first-order valence-electron chi connectivity index (χ1n) is 9.47. The smallest absolute Gasteiger partial charge is 0.349 e. The summed E-state index contributed by atoms with van der Waals surface area (Å²) in [5, 5.41) is 5.22. The van der Waals surface area contributed by atoms with E-state index < -0.39 is 11.8 Å². The maximum atomic E-state index is 12.8. The number of cyclic esters (lactones) is 1. The van der Waals surface area contributed by atoms with Gasteiger partial charge in [-0.05, 0) is 35.2 Å². The van der Waals surface area contributed by atoms with Crippen molar-refractivity contribution in [1.82, 2.24) is 9.78 Å². The van der Waals surface area contributed by atoms with Crippen molar-refractivity contribution in [3.63, 3.8) is 0 Å². The Kier molecular flexibility index (Phi) is 4.46. The molecule has 150 valence electrons. The molecule has 0 spiro atoms. The molecule has 0 N–H and O–H groups in total. The van der Waals surface area contributed by atoms with Gasteiger partial charge in [-0.15, -0.1) is 5.10 Å². The topological polar surface area (TPSA) is 53.3 Å². The highest BCUT2D eigenvalue weighted by Gasteiger charge is 2.40. The van der Waals surface area contributed by atoms with Gasteiger partial charge in [0.2, 0.25) is 0 Å². The van der Waals surface area contributed by atoms with E-state index in [-0.39, 0.29) is 11.3 Å². The zero-order valence-corrected chi connectivity index (χ0v) is 17.9. The zero-order chi connectivity index (χ0) is 21.0. The maximum absolute atomic E-state index is 12.8. The molecule has 2 heterocycles. The van der Waals surface area contributed by atoms with E-state index in [1.807, 2.05) is 24.3 Å². The van der Waals surface area contributed by atoms with E-state index in [0.29, 0.717) is 16.3 Å². The van der Waals surface area contributed by atoms with Gasteiger partial charge in [0.25, 0.3) is 11.7 Å². The highest BCUT2D eigenvalue weighted by molar-refractivity contribution is 6.30. The van der Waals surface area contributed by atoms with Crippen LogP contribution in [0.1, 0.15) is 50.5 Å². The first kappa shape index (κ1) is 19.5. The molecule has 2 aromatic carbocycles. The van der Waals surface area contributed by atoms with Gasteiger partial charge in [-0.2, -0.15) is 0 Å². The average molecular weight is 411 g/mol. The molecular formula is C23H23ClN2O3. The molecule has 0 bridgehead atoms. The number of benzene rings is 2. The third-order valence-corrected chi connectivity index (χ3v) is 5.09. The van der Waals surface area contributed by atoms with E-state index >= 15 is 0 Å². The summed E-state index contributed by atoms with van der Waals surface area (Å²) in [5.41, 5.74) is 3.80. The molecule has 1 aliphatic heterocycles. The van der Waals surface area contributed by atoms with Crippen LogP contribution in [0.5, 0.6) is 5.88 Å². The first-order chi connectivity index (χ1) is 13.5. The molecule has 0 radical (unpaired) electrons. The van der Waals surface area contributed by atoms with E-state index in [1.165, 1.54) is 5.56 Å². The number of rotatable bonds is 2. The summed E-state index contributed by atoms with van der Waals surface area (Å²) in [7, 11) is 0. The number of nitrogens with zero attached hydrogens (tertiary/aromatic N) is 2. The van der Waals surface area contributed by atoms with Crippen LogP contribution in [0.3, 0.4) is 0 Å². The van der Waals surface area contributed by atoms with E-state index in [2.05, 4.69) is 38.0 Å². The van der Waals surface area contributed by atoms with Crippen molar-refractivity contribution in [1.29, 1.82) is 0 Å². The van der Waals surface area contributed by atoms with Crippen LogP contribution < -0.4 is 4.74 Å². The summed E-state index contributed by atoms with van der Waals surface area (Å²) in [6.45, 7) is 9.86. The molecule has 29 heavy (non-hydrogen) atoms. The molecule has 0 atom stereocenters. The highest BCUT2D eigenvalue weighted by Crippen LogP contribution is 2.39. The van der Waals surface area contributed by atoms with Crippen molar-refractivity contribution in [2.45, 2.75) is 45.8 Å². The Morgan fingerprint density at radius 1 is 0.966 bits per heavy atom. The Morgan fingerprint density at radius 2 is 1.59 bits per heavy atom. The minimum Gasteiger partial charge on any atom is -0.433 e. The minimum absolute atomic E-state index is 0.0282. The van der Waals surface area contributed by atoms with Gasteiger partial charge in [0.15, 0.2) is 0 Å². The van der Waals surface area contributed by atoms with Crippen molar-refractivity contribution in [2.75, 3.05) is 0 Å². The number of aromatic nitrogens is 2. The summed E-state index contributed by atoms with van der Waals surface area (Å²) in [4.78, 5) is 12.8. The van der Waals surface area contributed by atoms with Crippen molar-refractivity contribution < 1.29 is 14.3 Å². The molecule has 6 heteroatoms. The Morgan fingerprint density at radius 3 is 2.17 bits per heavy atom. The first-order valence-corrected chi connectivity index (χ1v) is 9.85. The largest absolute Gasteiger partial charge is 0.433 e. The van der Waals surface area contributed by atoms with Crippen molar-refractivity contribution in [3.05, 3.63) is 64.7 Å². The Balaban J connectivity index is 1.93. The molecule has 5 nitrogen and oxygen atoms in total. The molecule has 0 amide bonds. The second-order valence-electron chi connectivity index (χ2n) is 8.64. The van der Waals surface area contributed by atoms with E-state index in [4.69, 9.17) is 21.1 Å². The van der Waals surface area contributed by atoms with Gasteiger partial charge in [0.05, 0.1) is 11.4 Å². The van der Waals surface area contributed by atoms with Crippen LogP contribution in [0.15, 0.2) is 48.5 Å². The Bertz CT molecular complexity index is 1080. The van der Waals surface area contributed by atoms with Crippen LogP contribution in [0.2, 0.25) is 5.02 Å². The molecule has 0 fully saturated rings. The fourth-order valence-corrected chi connectivity index (χ4v) is 3.47. The number of carbonyl (C=O) groups excluding carboxylic acids is 1. The molecule has 0 aliphatic carbocycles. The van der Waals surface area contributed by atoms with Gasteiger partial charge in [-0.3, -0.25) is 0 Å². The van der Waals surface area contributed by atoms with Gasteiger partial charge in [-0.1, -0.05) is 56.6 Å². The summed E-state index contributed by atoms with van der Waals surface area (Å²) in [5.74, 6) is -1.26. The maximum Gasteiger partial charge on any atom is 0.349 e. The molecule has 3 aromatic rings. The molecule has 1 aromatic heterocycles. The predicted molar refractivity (Wildman–Crippen MR) is 113 cm³/mol. The van der Waals surface area contributed by atoms with Crippen molar-refractivity contribution in [2.24, 2.45) is 0 Å². The normalized spacial score (nSPS) is 15.4. The quantitative estimate of drug-likeness (QED) is 0.503. The molecule has 0 saturated heterocycles. The van der Waals surface area contributed by atoms with Crippen LogP contribution >= 0.6 is 11.6 Å². The summed E-state index contributed by atoms with van der Waals surface area (Å²) in [6, 6.07) is 15.4. The van der Waals surface area contributed by atoms with Gasteiger partial charge in [0.1, 0.15) is 5.56 Å². The molecule has 0 unspecified atom stereocenters. The summed E-state index contributed by atoms with van der Waals surface area (Å²) >= 11 is 6.05. The lowest BCUT2D eigenvalue weighted by Crippen LogP contribution is -2.38.